The first-order chi connectivity index (χ1) is 6.22. The highest BCUT2D eigenvalue weighted by molar-refractivity contribution is 5.81. The van der Waals surface area contributed by atoms with E-state index in [2.05, 4.69) is 20.9 Å². The summed E-state index contributed by atoms with van der Waals surface area (Å²) in [5.74, 6) is 2.99. The summed E-state index contributed by atoms with van der Waals surface area (Å²) in [4.78, 5) is 21.0. The van der Waals surface area contributed by atoms with Crippen molar-refractivity contribution < 1.29 is 0 Å². The molecule has 2 N–H and O–H groups in total. The molecule has 0 saturated carbocycles. The molecule has 0 aliphatic heterocycles. The Bertz CT molecular complexity index is 556. The van der Waals surface area contributed by atoms with Gasteiger partial charge < -0.3 is 9.97 Å². The summed E-state index contributed by atoms with van der Waals surface area (Å²) < 4.78 is 0. The van der Waals surface area contributed by atoms with Crippen LogP contribution in [0.5, 0.6) is 0 Å². The number of hydrogen-bond donors (Lipinski definition) is 2. The van der Waals surface area contributed by atoms with E-state index < -0.39 is 0 Å². The first-order valence-corrected chi connectivity index (χ1v) is 3.77. The van der Waals surface area contributed by atoms with Crippen molar-refractivity contribution >= 4 is 11.0 Å². The third-order valence-corrected chi connectivity index (χ3v) is 1.82. The lowest BCUT2D eigenvalue weighted by atomic mass is 10.2. The average Bonchev–Trinajstić information content (AvgIpc) is 2.47. The van der Waals surface area contributed by atoms with E-state index in [4.69, 9.17) is 6.42 Å². The molecular formula is C9H7N3O. The monoisotopic (exact) mass is 173 g/mol. The number of nitrogens with one attached hydrogen (secondary N) is 2. The number of aryl methyl sites for hydroxylation is 1. The molecule has 4 heteroatoms. The summed E-state index contributed by atoms with van der Waals surface area (Å²) in [5, 5.41) is 0.452. The van der Waals surface area contributed by atoms with E-state index in [0.29, 0.717) is 22.4 Å². The highest BCUT2D eigenvalue weighted by Crippen LogP contribution is 2.09. The first kappa shape index (κ1) is 7.62. The molecule has 0 fully saturated rings. The summed E-state index contributed by atoms with van der Waals surface area (Å²) in [6.07, 6.45) is 6.82. The van der Waals surface area contributed by atoms with Gasteiger partial charge in [0.1, 0.15) is 11.5 Å². The minimum atomic E-state index is -0.197. The van der Waals surface area contributed by atoms with E-state index in [0.717, 1.165) is 0 Å². The Morgan fingerprint density at radius 2 is 2.38 bits per heavy atom. The fourth-order valence-corrected chi connectivity index (χ4v) is 1.27. The SMILES string of the molecule is C#Cc1c[nH]c2nc(C)[nH]c(=O)c12. The molecule has 0 saturated heterocycles. The zero-order valence-electron chi connectivity index (χ0n) is 7.01. The Morgan fingerprint density at radius 1 is 1.62 bits per heavy atom. The van der Waals surface area contributed by atoms with Gasteiger partial charge in [0.15, 0.2) is 0 Å². The van der Waals surface area contributed by atoms with Gasteiger partial charge in [-0.05, 0) is 6.92 Å². The zero-order valence-corrected chi connectivity index (χ0v) is 7.01. The van der Waals surface area contributed by atoms with Crippen molar-refractivity contribution in [1.82, 2.24) is 15.0 Å². The van der Waals surface area contributed by atoms with Crippen molar-refractivity contribution in [2.75, 3.05) is 0 Å². The number of H-pyrrole nitrogens is 2. The standard InChI is InChI=1S/C9H7N3O/c1-3-6-4-10-8-7(6)9(13)12-5(2)11-8/h1,4H,2H3,(H2,10,11,12,13). The summed E-state index contributed by atoms with van der Waals surface area (Å²) in [5.41, 5.74) is 0.884. The van der Waals surface area contributed by atoms with Gasteiger partial charge in [-0.15, -0.1) is 6.42 Å². The van der Waals surface area contributed by atoms with Gasteiger partial charge in [-0.2, -0.15) is 0 Å². The maximum absolute atomic E-state index is 11.4. The summed E-state index contributed by atoms with van der Waals surface area (Å²) in [6.45, 7) is 1.72. The third-order valence-electron chi connectivity index (χ3n) is 1.82. The Balaban J connectivity index is 3.01. The second-order valence-electron chi connectivity index (χ2n) is 2.72. The summed E-state index contributed by atoms with van der Waals surface area (Å²) in [6, 6.07) is 0. The van der Waals surface area contributed by atoms with Crippen LogP contribution in [0.25, 0.3) is 11.0 Å². The first-order valence-electron chi connectivity index (χ1n) is 3.77. The molecule has 13 heavy (non-hydrogen) atoms. The van der Waals surface area contributed by atoms with Crippen molar-refractivity contribution in [2.45, 2.75) is 6.92 Å². The molecule has 0 spiro atoms. The number of rotatable bonds is 0. The second-order valence-corrected chi connectivity index (χ2v) is 2.72. The van der Waals surface area contributed by atoms with Crippen molar-refractivity contribution in [3.8, 4) is 12.3 Å². The topological polar surface area (TPSA) is 61.5 Å². The molecule has 0 aliphatic rings. The molecule has 64 valence electrons. The Labute approximate surface area is 74.0 Å². The Morgan fingerprint density at radius 3 is 3.08 bits per heavy atom. The van der Waals surface area contributed by atoms with Crippen LogP contribution in [0.2, 0.25) is 0 Å². The maximum Gasteiger partial charge on any atom is 0.261 e. The van der Waals surface area contributed by atoms with Gasteiger partial charge in [-0.25, -0.2) is 4.98 Å². The van der Waals surface area contributed by atoms with E-state index in [1.807, 2.05) is 0 Å². The number of aromatic nitrogens is 3. The second kappa shape index (κ2) is 2.49. The molecule has 0 bridgehead atoms. The molecule has 2 aromatic rings. The third kappa shape index (κ3) is 1.02. The number of fused-ring (bicyclic) bond motifs is 1. The lowest BCUT2D eigenvalue weighted by Gasteiger charge is -1.91. The zero-order chi connectivity index (χ0) is 9.42. The predicted octanol–water partition coefficient (Wildman–Crippen LogP) is 0.541. The molecule has 0 aromatic carbocycles. The molecule has 2 rings (SSSR count). The Kier molecular flexibility index (Phi) is 1.46. The molecule has 0 radical (unpaired) electrons. The quantitative estimate of drug-likeness (QED) is 0.571. The van der Waals surface area contributed by atoms with Crippen LogP contribution in [0.3, 0.4) is 0 Å². The minimum absolute atomic E-state index is 0.197. The van der Waals surface area contributed by atoms with Crippen molar-refractivity contribution in [3.63, 3.8) is 0 Å². The molecule has 0 amide bonds. The fraction of sp³-hybridized carbons (Fsp3) is 0.111. The molecular weight excluding hydrogens is 166 g/mol. The van der Waals surface area contributed by atoms with Gasteiger partial charge in [0.2, 0.25) is 0 Å². The fourth-order valence-electron chi connectivity index (χ4n) is 1.27. The number of hydrogen-bond acceptors (Lipinski definition) is 2. The van der Waals surface area contributed by atoms with Crippen LogP contribution in [0, 0.1) is 19.3 Å². The van der Waals surface area contributed by atoms with Crippen LogP contribution in [-0.4, -0.2) is 15.0 Å². The van der Waals surface area contributed by atoms with Crippen LogP contribution < -0.4 is 5.56 Å². The predicted molar refractivity (Wildman–Crippen MR) is 49.4 cm³/mol. The number of nitrogens with zero attached hydrogens (tertiary/aromatic N) is 1. The molecule has 0 aliphatic carbocycles. The van der Waals surface area contributed by atoms with Crippen LogP contribution >= 0.6 is 0 Å². The molecule has 2 heterocycles. The highest BCUT2D eigenvalue weighted by atomic mass is 16.1. The Hall–Kier alpha value is -2.02. The normalized spacial score (nSPS) is 10.2. The van der Waals surface area contributed by atoms with E-state index in [9.17, 15) is 4.79 Å². The van der Waals surface area contributed by atoms with Crippen LogP contribution in [0.4, 0.5) is 0 Å². The van der Waals surface area contributed by atoms with Gasteiger partial charge in [0, 0.05) is 6.20 Å². The van der Waals surface area contributed by atoms with Gasteiger partial charge in [-0.1, -0.05) is 5.92 Å². The number of aromatic amines is 2. The van der Waals surface area contributed by atoms with E-state index in [1.165, 1.54) is 0 Å². The van der Waals surface area contributed by atoms with Crippen molar-refractivity contribution in [2.24, 2.45) is 0 Å². The van der Waals surface area contributed by atoms with Crippen LogP contribution in [0.1, 0.15) is 11.4 Å². The smallest absolute Gasteiger partial charge is 0.261 e. The van der Waals surface area contributed by atoms with E-state index in [1.54, 1.807) is 13.1 Å². The van der Waals surface area contributed by atoms with Gasteiger partial charge in [-0.3, -0.25) is 4.79 Å². The highest BCUT2D eigenvalue weighted by Gasteiger charge is 2.06. The maximum atomic E-state index is 11.4. The molecule has 0 atom stereocenters. The summed E-state index contributed by atoms with van der Waals surface area (Å²) in [7, 11) is 0. The van der Waals surface area contributed by atoms with Gasteiger partial charge in [0.25, 0.3) is 5.56 Å². The molecule has 0 unspecified atom stereocenters. The van der Waals surface area contributed by atoms with Gasteiger partial charge in [0.05, 0.1) is 10.9 Å². The van der Waals surface area contributed by atoms with Crippen LogP contribution in [0.15, 0.2) is 11.0 Å². The van der Waals surface area contributed by atoms with Gasteiger partial charge >= 0.3 is 0 Å². The number of terminal acetylenes is 1. The van der Waals surface area contributed by atoms with Crippen molar-refractivity contribution in [3.05, 3.63) is 27.9 Å². The molecule has 2 aromatic heterocycles. The lowest BCUT2D eigenvalue weighted by Crippen LogP contribution is -2.09. The van der Waals surface area contributed by atoms with Crippen molar-refractivity contribution in [1.29, 1.82) is 0 Å². The molecule has 4 nitrogen and oxygen atoms in total. The van der Waals surface area contributed by atoms with Crippen LogP contribution in [-0.2, 0) is 0 Å². The summed E-state index contributed by atoms with van der Waals surface area (Å²) >= 11 is 0. The largest absolute Gasteiger partial charge is 0.345 e. The van der Waals surface area contributed by atoms with E-state index >= 15 is 0 Å². The average molecular weight is 173 g/mol. The van der Waals surface area contributed by atoms with E-state index in [-0.39, 0.29) is 5.56 Å². The minimum Gasteiger partial charge on any atom is -0.345 e. The lowest BCUT2D eigenvalue weighted by molar-refractivity contribution is 1.05.